The third kappa shape index (κ3) is 1.68. The van der Waals surface area contributed by atoms with Crippen molar-refractivity contribution >= 4 is 12.1 Å². The van der Waals surface area contributed by atoms with Crippen molar-refractivity contribution in [3.05, 3.63) is 12.4 Å². The van der Waals surface area contributed by atoms with Crippen LogP contribution < -0.4 is 0 Å². The van der Waals surface area contributed by atoms with Crippen LogP contribution in [0.25, 0.3) is 0 Å². The first-order valence-electron chi connectivity index (χ1n) is 2.71. The van der Waals surface area contributed by atoms with Gasteiger partial charge in [-0.25, -0.2) is 4.99 Å². The number of rotatable bonds is 0. The van der Waals surface area contributed by atoms with Gasteiger partial charge in [0.25, 0.3) is 0 Å². The van der Waals surface area contributed by atoms with Gasteiger partial charge in [0.15, 0.2) is 5.90 Å². The Morgan fingerprint density at radius 3 is 3.22 bits per heavy atom. The molecule has 3 heteroatoms. The fourth-order valence-corrected chi connectivity index (χ4v) is 0.535. The maximum atomic E-state index is 4.88. The van der Waals surface area contributed by atoms with Gasteiger partial charge in [-0.05, 0) is 0 Å². The number of nitrogens with zero attached hydrogens (tertiary/aromatic N) is 2. The second kappa shape index (κ2) is 3.02. The van der Waals surface area contributed by atoms with E-state index in [1.165, 1.54) is 0 Å². The van der Waals surface area contributed by atoms with Gasteiger partial charge in [0.1, 0.15) is 0 Å². The van der Waals surface area contributed by atoms with Crippen LogP contribution in [0.15, 0.2) is 22.4 Å². The Morgan fingerprint density at radius 2 is 2.44 bits per heavy atom. The summed E-state index contributed by atoms with van der Waals surface area (Å²) in [5.74, 6) is 0.701. The van der Waals surface area contributed by atoms with Crippen molar-refractivity contribution in [2.75, 3.05) is 7.11 Å². The zero-order valence-corrected chi connectivity index (χ0v) is 5.24. The normalized spacial score (nSPS) is 16.8. The van der Waals surface area contributed by atoms with E-state index in [0.29, 0.717) is 12.3 Å². The van der Waals surface area contributed by atoms with Gasteiger partial charge in [-0.1, -0.05) is 0 Å². The second-order valence-electron chi connectivity index (χ2n) is 1.56. The summed E-state index contributed by atoms with van der Waals surface area (Å²) in [5.41, 5.74) is 0. The van der Waals surface area contributed by atoms with Crippen LogP contribution in [-0.4, -0.2) is 19.2 Å². The Balaban J connectivity index is 2.62. The van der Waals surface area contributed by atoms with E-state index in [0.717, 1.165) is 0 Å². The van der Waals surface area contributed by atoms with Crippen molar-refractivity contribution < 1.29 is 4.74 Å². The summed E-state index contributed by atoms with van der Waals surface area (Å²) in [6, 6.07) is 0. The van der Waals surface area contributed by atoms with Gasteiger partial charge < -0.3 is 4.74 Å². The molecular formula is C6H8N2O. The van der Waals surface area contributed by atoms with Crippen molar-refractivity contribution in [1.82, 2.24) is 0 Å². The fraction of sp³-hybridized carbons (Fsp3) is 0.333. The number of aliphatic imine (C=N–C) groups is 2. The molecule has 0 aliphatic carbocycles. The Morgan fingerprint density at radius 1 is 1.56 bits per heavy atom. The van der Waals surface area contributed by atoms with E-state index < -0.39 is 0 Å². The third-order valence-corrected chi connectivity index (χ3v) is 0.978. The summed E-state index contributed by atoms with van der Waals surface area (Å²) in [4.78, 5) is 7.80. The SMILES string of the molecule is COC1=NC=CN=CC1. The van der Waals surface area contributed by atoms with E-state index in [9.17, 15) is 0 Å². The fourth-order valence-electron chi connectivity index (χ4n) is 0.535. The zero-order valence-electron chi connectivity index (χ0n) is 5.24. The molecule has 9 heavy (non-hydrogen) atoms. The molecule has 0 atom stereocenters. The Labute approximate surface area is 53.8 Å². The summed E-state index contributed by atoms with van der Waals surface area (Å²) in [5, 5.41) is 0. The molecule has 0 aromatic heterocycles. The Kier molecular flexibility index (Phi) is 2.01. The number of methoxy groups -OCH3 is 1. The lowest BCUT2D eigenvalue weighted by Crippen LogP contribution is -1.99. The Hall–Kier alpha value is -1.12. The summed E-state index contributed by atoms with van der Waals surface area (Å²) < 4.78 is 4.88. The van der Waals surface area contributed by atoms with Crippen LogP contribution in [0, 0.1) is 0 Å². The molecule has 0 N–H and O–H groups in total. The summed E-state index contributed by atoms with van der Waals surface area (Å²) in [7, 11) is 1.60. The standard InChI is InChI=1S/C6H8N2O/c1-9-6-2-3-7-4-5-8-6/h3-5H,2H2,1H3. The van der Waals surface area contributed by atoms with Gasteiger partial charge in [0.05, 0.1) is 13.5 Å². The molecule has 3 nitrogen and oxygen atoms in total. The molecule has 1 rings (SSSR count). The molecule has 1 heterocycles. The van der Waals surface area contributed by atoms with Gasteiger partial charge in [-0.3, -0.25) is 4.99 Å². The van der Waals surface area contributed by atoms with Gasteiger partial charge in [0, 0.05) is 18.6 Å². The van der Waals surface area contributed by atoms with Gasteiger partial charge in [-0.15, -0.1) is 0 Å². The van der Waals surface area contributed by atoms with Crippen molar-refractivity contribution in [1.29, 1.82) is 0 Å². The lowest BCUT2D eigenvalue weighted by molar-refractivity contribution is 0.397. The highest BCUT2D eigenvalue weighted by Gasteiger charge is 1.93. The molecule has 0 bridgehead atoms. The molecule has 0 fully saturated rings. The number of hydrogen-bond acceptors (Lipinski definition) is 3. The molecule has 1 aliphatic heterocycles. The smallest absolute Gasteiger partial charge is 0.193 e. The van der Waals surface area contributed by atoms with E-state index in [1.807, 2.05) is 0 Å². The predicted octanol–water partition coefficient (Wildman–Crippen LogP) is 0.977. The molecule has 0 spiro atoms. The lowest BCUT2D eigenvalue weighted by atomic mass is 10.5. The quantitative estimate of drug-likeness (QED) is 0.474. The largest absolute Gasteiger partial charge is 0.484 e. The number of hydrogen-bond donors (Lipinski definition) is 0. The van der Waals surface area contributed by atoms with Gasteiger partial charge in [0.2, 0.25) is 0 Å². The molecule has 0 saturated carbocycles. The molecule has 0 amide bonds. The minimum atomic E-state index is 0.684. The topological polar surface area (TPSA) is 34.0 Å². The zero-order chi connectivity index (χ0) is 6.53. The second-order valence-corrected chi connectivity index (χ2v) is 1.56. The maximum Gasteiger partial charge on any atom is 0.193 e. The van der Waals surface area contributed by atoms with E-state index in [4.69, 9.17) is 4.74 Å². The third-order valence-electron chi connectivity index (χ3n) is 0.978. The lowest BCUT2D eigenvalue weighted by Gasteiger charge is -1.95. The first-order valence-corrected chi connectivity index (χ1v) is 2.71. The van der Waals surface area contributed by atoms with Gasteiger partial charge >= 0.3 is 0 Å². The highest BCUT2D eigenvalue weighted by atomic mass is 16.5. The van der Waals surface area contributed by atoms with E-state index in [1.54, 1.807) is 25.7 Å². The summed E-state index contributed by atoms with van der Waals surface area (Å²) in [6.07, 6.45) is 5.68. The molecule has 48 valence electrons. The molecule has 0 saturated heterocycles. The van der Waals surface area contributed by atoms with Crippen LogP contribution in [0.5, 0.6) is 0 Å². The number of ether oxygens (including phenoxy) is 1. The molecule has 0 radical (unpaired) electrons. The van der Waals surface area contributed by atoms with E-state index in [2.05, 4.69) is 9.98 Å². The van der Waals surface area contributed by atoms with E-state index in [-0.39, 0.29) is 0 Å². The minimum absolute atomic E-state index is 0.684. The molecule has 0 aromatic carbocycles. The summed E-state index contributed by atoms with van der Waals surface area (Å²) >= 11 is 0. The highest BCUT2D eigenvalue weighted by molar-refractivity contribution is 5.90. The predicted molar refractivity (Wildman–Crippen MR) is 36.7 cm³/mol. The van der Waals surface area contributed by atoms with Crippen LogP contribution in [-0.2, 0) is 4.74 Å². The molecule has 0 aromatic rings. The average molecular weight is 124 g/mol. The van der Waals surface area contributed by atoms with Gasteiger partial charge in [-0.2, -0.15) is 0 Å². The summed E-state index contributed by atoms with van der Waals surface area (Å²) in [6.45, 7) is 0. The van der Waals surface area contributed by atoms with Crippen LogP contribution in [0.1, 0.15) is 6.42 Å². The van der Waals surface area contributed by atoms with E-state index >= 15 is 0 Å². The van der Waals surface area contributed by atoms with Crippen LogP contribution >= 0.6 is 0 Å². The Bertz CT molecular complexity index is 170. The van der Waals surface area contributed by atoms with Crippen LogP contribution in [0.3, 0.4) is 0 Å². The van der Waals surface area contributed by atoms with Crippen LogP contribution in [0.4, 0.5) is 0 Å². The molecular weight excluding hydrogens is 116 g/mol. The average Bonchev–Trinajstić information content (AvgIpc) is 2.13. The monoisotopic (exact) mass is 124 g/mol. The first-order chi connectivity index (χ1) is 4.43. The highest BCUT2D eigenvalue weighted by Crippen LogP contribution is 1.91. The van der Waals surface area contributed by atoms with Crippen LogP contribution in [0.2, 0.25) is 0 Å². The van der Waals surface area contributed by atoms with Crippen molar-refractivity contribution in [3.63, 3.8) is 0 Å². The van der Waals surface area contributed by atoms with Crippen molar-refractivity contribution in [2.24, 2.45) is 9.98 Å². The van der Waals surface area contributed by atoms with Crippen molar-refractivity contribution in [2.45, 2.75) is 6.42 Å². The molecule has 0 unspecified atom stereocenters. The minimum Gasteiger partial charge on any atom is -0.484 e. The maximum absolute atomic E-state index is 4.88. The van der Waals surface area contributed by atoms with Crippen molar-refractivity contribution in [3.8, 4) is 0 Å². The molecule has 1 aliphatic rings. The first kappa shape index (κ1) is 6.01.